The maximum absolute atomic E-state index is 9.37. The van der Waals surface area contributed by atoms with E-state index in [1.807, 2.05) is 0 Å². The van der Waals surface area contributed by atoms with Crippen LogP contribution >= 0.6 is 30.4 Å². The molecule has 2 aliphatic rings. The summed E-state index contributed by atoms with van der Waals surface area (Å²) in [7, 11) is 1.28. The number of rotatable bonds is 2. The quantitative estimate of drug-likeness (QED) is 0.596. The van der Waals surface area contributed by atoms with Crippen molar-refractivity contribution in [1.29, 1.82) is 0 Å². The minimum absolute atomic E-state index is 0.0333. The van der Waals surface area contributed by atoms with Crippen molar-refractivity contribution in [2.45, 2.75) is 24.4 Å². The lowest BCUT2D eigenvalue weighted by Crippen LogP contribution is -2.31. The summed E-state index contributed by atoms with van der Waals surface area (Å²) in [5.41, 5.74) is 0. The summed E-state index contributed by atoms with van der Waals surface area (Å²) in [6, 6.07) is 0. The van der Waals surface area contributed by atoms with E-state index in [-0.39, 0.29) is 18.3 Å². The number of halogens is 1. The van der Waals surface area contributed by atoms with Gasteiger partial charge in [0.1, 0.15) is 24.4 Å². The van der Waals surface area contributed by atoms with Crippen LogP contribution in [0.1, 0.15) is 0 Å². The van der Waals surface area contributed by atoms with E-state index >= 15 is 0 Å². The molecule has 12 heavy (non-hydrogen) atoms. The molecule has 0 spiro atoms. The van der Waals surface area contributed by atoms with E-state index in [4.69, 9.17) is 13.7 Å². The molecular formula is C6H9IO4S. The molecule has 70 valence electrons. The van der Waals surface area contributed by atoms with Gasteiger partial charge >= 0.3 is 0 Å². The van der Waals surface area contributed by atoms with Crippen molar-refractivity contribution in [3.63, 3.8) is 0 Å². The molecule has 4 atom stereocenters. The van der Waals surface area contributed by atoms with Crippen LogP contribution in [0.15, 0.2) is 0 Å². The molecule has 0 saturated carbocycles. The first kappa shape index (κ1) is 9.47. The predicted molar refractivity (Wildman–Crippen MR) is 52.0 cm³/mol. The summed E-state index contributed by atoms with van der Waals surface area (Å²) in [5.74, 6) is 0. The van der Waals surface area contributed by atoms with E-state index in [0.29, 0.717) is 13.2 Å². The summed E-state index contributed by atoms with van der Waals surface area (Å²) in [5, 5.41) is 9.37. The molecule has 2 unspecified atom stereocenters. The zero-order valence-corrected chi connectivity index (χ0v) is 9.16. The summed E-state index contributed by atoms with van der Waals surface area (Å²) in [4.78, 5) is 0. The van der Waals surface area contributed by atoms with Gasteiger partial charge in [0, 0.05) is 21.2 Å². The van der Waals surface area contributed by atoms with Gasteiger partial charge in [0.15, 0.2) is 0 Å². The van der Waals surface area contributed by atoms with Gasteiger partial charge < -0.3 is 14.6 Å². The second-order valence-corrected chi connectivity index (χ2v) is 4.26. The third kappa shape index (κ3) is 1.60. The Morgan fingerprint density at radius 3 is 2.83 bits per heavy atom. The highest BCUT2D eigenvalue weighted by atomic mass is 127. The molecule has 2 aliphatic heterocycles. The Labute approximate surface area is 86.7 Å². The molecule has 0 aliphatic carbocycles. The van der Waals surface area contributed by atoms with Crippen molar-refractivity contribution in [2.75, 3.05) is 13.2 Å². The van der Waals surface area contributed by atoms with Crippen LogP contribution in [0.5, 0.6) is 0 Å². The van der Waals surface area contributed by atoms with Gasteiger partial charge in [-0.05, 0) is 0 Å². The maximum Gasteiger partial charge on any atom is 0.125 e. The highest BCUT2D eigenvalue weighted by molar-refractivity contribution is 14.2. The number of hydrogen-bond acceptors (Lipinski definition) is 5. The highest BCUT2D eigenvalue weighted by Crippen LogP contribution is 2.31. The Hall–Kier alpha value is 0.920. The fourth-order valence-electron chi connectivity index (χ4n) is 1.57. The van der Waals surface area contributed by atoms with E-state index in [1.54, 1.807) is 0 Å². The standard InChI is InChI=1S/C6H9IO4S/c7-12-11-4-2-10-5-3(8)1-9-6(4)5/h3-6,8H,1-2H2/t3?,4?,5-,6-/m1/s1. The predicted octanol–water partition coefficient (Wildman–Crippen LogP) is 0.528. The Morgan fingerprint density at radius 1 is 1.33 bits per heavy atom. The molecule has 0 radical (unpaired) electrons. The molecule has 4 nitrogen and oxygen atoms in total. The normalized spacial score (nSPS) is 46.5. The van der Waals surface area contributed by atoms with Gasteiger partial charge in [-0.1, -0.05) is 0 Å². The lowest BCUT2D eigenvalue weighted by molar-refractivity contribution is 0.0120. The fourth-order valence-corrected chi connectivity index (χ4v) is 2.63. The molecule has 1 N–H and O–H groups in total. The molecular weight excluding hydrogens is 295 g/mol. The SMILES string of the molecule is OC1CO[C@@H]2C(OSI)CO[C@H]12. The van der Waals surface area contributed by atoms with Gasteiger partial charge in [-0.25, -0.2) is 0 Å². The van der Waals surface area contributed by atoms with Crippen molar-refractivity contribution >= 4 is 30.4 Å². The third-order valence-corrected chi connectivity index (χ3v) is 3.08. The van der Waals surface area contributed by atoms with E-state index in [1.165, 1.54) is 9.21 Å². The monoisotopic (exact) mass is 304 g/mol. The van der Waals surface area contributed by atoms with Gasteiger partial charge in [0.2, 0.25) is 0 Å². The number of fused-ring (bicyclic) bond motifs is 1. The van der Waals surface area contributed by atoms with E-state index in [0.717, 1.165) is 0 Å². The molecule has 2 heterocycles. The van der Waals surface area contributed by atoms with Crippen molar-refractivity contribution in [1.82, 2.24) is 0 Å². The topological polar surface area (TPSA) is 47.9 Å². The Kier molecular flexibility index (Phi) is 3.13. The van der Waals surface area contributed by atoms with Crippen LogP contribution in [-0.2, 0) is 13.7 Å². The summed E-state index contributed by atoms with van der Waals surface area (Å²) in [6.45, 7) is 0.878. The van der Waals surface area contributed by atoms with E-state index in [2.05, 4.69) is 21.2 Å². The first-order chi connectivity index (χ1) is 5.83. The zero-order valence-electron chi connectivity index (χ0n) is 6.18. The van der Waals surface area contributed by atoms with Gasteiger partial charge in [-0.15, -0.1) is 0 Å². The second kappa shape index (κ2) is 3.97. The van der Waals surface area contributed by atoms with Gasteiger partial charge in [0.05, 0.1) is 22.4 Å². The van der Waals surface area contributed by atoms with Crippen molar-refractivity contribution < 1.29 is 18.8 Å². The highest BCUT2D eigenvalue weighted by Gasteiger charge is 2.47. The van der Waals surface area contributed by atoms with Gasteiger partial charge in [0.25, 0.3) is 0 Å². The van der Waals surface area contributed by atoms with Crippen LogP contribution in [0, 0.1) is 0 Å². The average Bonchev–Trinajstić information content (AvgIpc) is 2.58. The molecule has 0 aromatic rings. The smallest absolute Gasteiger partial charge is 0.125 e. The largest absolute Gasteiger partial charge is 0.388 e. The molecule has 0 aromatic heterocycles. The van der Waals surface area contributed by atoms with Gasteiger partial charge in [-0.3, -0.25) is 4.18 Å². The Bertz CT molecular complexity index is 170. The molecule has 6 heteroatoms. The van der Waals surface area contributed by atoms with Gasteiger partial charge in [-0.2, -0.15) is 0 Å². The number of aliphatic hydroxyl groups is 1. The van der Waals surface area contributed by atoms with Crippen LogP contribution in [0.2, 0.25) is 0 Å². The molecule has 0 amide bonds. The van der Waals surface area contributed by atoms with Crippen LogP contribution in [0.25, 0.3) is 0 Å². The number of hydrogen-bond donors (Lipinski definition) is 1. The molecule has 2 saturated heterocycles. The zero-order chi connectivity index (χ0) is 8.55. The number of ether oxygens (including phenoxy) is 2. The Morgan fingerprint density at radius 2 is 2.08 bits per heavy atom. The van der Waals surface area contributed by atoms with Crippen molar-refractivity contribution in [3.05, 3.63) is 0 Å². The molecule has 2 rings (SSSR count). The fraction of sp³-hybridized carbons (Fsp3) is 1.00. The first-order valence-electron chi connectivity index (χ1n) is 3.68. The number of aliphatic hydroxyl groups excluding tert-OH is 1. The summed E-state index contributed by atoms with van der Waals surface area (Å²) >= 11 is 2.06. The van der Waals surface area contributed by atoms with E-state index in [9.17, 15) is 5.11 Å². The lowest BCUT2D eigenvalue weighted by atomic mass is 10.1. The Balaban J connectivity index is 1.96. The summed E-state index contributed by atoms with van der Waals surface area (Å²) < 4.78 is 16.0. The molecule has 2 fully saturated rings. The lowest BCUT2D eigenvalue weighted by Gasteiger charge is -2.13. The minimum Gasteiger partial charge on any atom is -0.388 e. The van der Waals surface area contributed by atoms with Crippen LogP contribution in [0.4, 0.5) is 0 Å². The van der Waals surface area contributed by atoms with Crippen LogP contribution < -0.4 is 0 Å². The third-order valence-electron chi connectivity index (χ3n) is 2.14. The van der Waals surface area contributed by atoms with Crippen molar-refractivity contribution in [3.8, 4) is 0 Å². The van der Waals surface area contributed by atoms with Crippen molar-refractivity contribution in [2.24, 2.45) is 0 Å². The van der Waals surface area contributed by atoms with Crippen LogP contribution in [0.3, 0.4) is 0 Å². The molecule has 0 aromatic carbocycles. The second-order valence-electron chi connectivity index (χ2n) is 2.86. The van der Waals surface area contributed by atoms with E-state index < -0.39 is 6.10 Å². The summed E-state index contributed by atoms with van der Waals surface area (Å²) in [6.07, 6.45) is -0.780. The average molecular weight is 304 g/mol. The maximum atomic E-state index is 9.37. The molecule has 0 bridgehead atoms. The minimum atomic E-state index is -0.484. The van der Waals surface area contributed by atoms with Crippen LogP contribution in [-0.4, -0.2) is 42.7 Å². The first-order valence-corrected chi connectivity index (χ1v) is 6.96.